The maximum absolute atomic E-state index is 13.5. The second-order valence-electron chi connectivity index (χ2n) is 4.15. The van der Waals surface area contributed by atoms with Crippen LogP contribution < -0.4 is 5.73 Å². The van der Waals surface area contributed by atoms with Gasteiger partial charge in [0.15, 0.2) is 0 Å². The summed E-state index contributed by atoms with van der Waals surface area (Å²) in [5.41, 5.74) is 5.96. The molecular weight excluding hydrogens is 238 g/mol. The number of ether oxygens (including phenoxy) is 1. The molecule has 5 heteroatoms. The van der Waals surface area contributed by atoms with Crippen LogP contribution in [0.3, 0.4) is 0 Å². The molecular formula is C13H20F2N2O. The third kappa shape index (κ3) is 5.08. The lowest BCUT2D eigenvalue weighted by atomic mass is 10.2. The number of halogens is 2. The summed E-state index contributed by atoms with van der Waals surface area (Å²) in [6, 6.07) is 3.66. The van der Waals surface area contributed by atoms with Gasteiger partial charge in [-0.3, -0.25) is 4.90 Å². The van der Waals surface area contributed by atoms with Gasteiger partial charge in [0.1, 0.15) is 11.6 Å². The Balaban J connectivity index is 2.62. The highest BCUT2D eigenvalue weighted by molar-refractivity contribution is 5.18. The largest absolute Gasteiger partial charge is 0.383 e. The molecule has 0 amide bonds. The van der Waals surface area contributed by atoms with Gasteiger partial charge in [-0.15, -0.1) is 0 Å². The first-order valence-electron chi connectivity index (χ1n) is 6.02. The third-order valence-electron chi connectivity index (χ3n) is 2.70. The second-order valence-corrected chi connectivity index (χ2v) is 4.15. The summed E-state index contributed by atoms with van der Waals surface area (Å²) in [4.78, 5) is 2.05. The lowest BCUT2D eigenvalue weighted by Gasteiger charge is -2.22. The van der Waals surface area contributed by atoms with Crippen LogP contribution in [0.5, 0.6) is 0 Å². The van der Waals surface area contributed by atoms with Gasteiger partial charge in [-0.05, 0) is 25.6 Å². The molecule has 2 N–H and O–H groups in total. The first-order chi connectivity index (χ1) is 8.67. The average Bonchev–Trinajstić information content (AvgIpc) is 2.35. The zero-order valence-corrected chi connectivity index (χ0v) is 10.7. The molecule has 0 atom stereocenters. The van der Waals surface area contributed by atoms with E-state index in [1.807, 2.05) is 4.90 Å². The van der Waals surface area contributed by atoms with Crippen molar-refractivity contribution in [2.45, 2.75) is 13.0 Å². The smallest absolute Gasteiger partial charge is 0.130 e. The van der Waals surface area contributed by atoms with E-state index in [1.165, 1.54) is 12.1 Å². The fourth-order valence-electron chi connectivity index (χ4n) is 1.70. The molecule has 0 saturated carbocycles. The topological polar surface area (TPSA) is 38.5 Å². The minimum absolute atomic E-state index is 0.440. The summed E-state index contributed by atoms with van der Waals surface area (Å²) in [5.74, 6) is -1.06. The Morgan fingerprint density at radius 3 is 2.67 bits per heavy atom. The van der Waals surface area contributed by atoms with Gasteiger partial charge in [-0.25, -0.2) is 8.78 Å². The zero-order valence-electron chi connectivity index (χ0n) is 10.7. The highest BCUT2D eigenvalue weighted by atomic mass is 19.1. The highest BCUT2D eigenvalue weighted by Crippen LogP contribution is 2.12. The molecule has 1 aromatic rings. The molecule has 0 heterocycles. The summed E-state index contributed by atoms with van der Waals surface area (Å²) < 4.78 is 31.3. The van der Waals surface area contributed by atoms with Crippen LogP contribution in [-0.4, -0.2) is 38.3 Å². The monoisotopic (exact) mass is 258 g/mol. The normalized spacial score (nSPS) is 11.2. The van der Waals surface area contributed by atoms with Crippen LogP contribution in [0, 0.1) is 11.6 Å². The van der Waals surface area contributed by atoms with Crippen molar-refractivity contribution in [3.05, 3.63) is 35.4 Å². The van der Waals surface area contributed by atoms with Crippen molar-refractivity contribution in [3.63, 3.8) is 0 Å². The fourth-order valence-corrected chi connectivity index (χ4v) is 1.70. The summed E-state index contributed by atoms with van der Waals surface area (Å²) in [7, 11) is 1.62. The Morgan fingerprint density at radius 2 is 2.06 bits per heavy atom. The predicted molar refractivity (Wildman–Crippen MR) is 67.2 cm³/mol. The lowest BCUT2D eigenvalue weighted by molar-refractivity contribution is 0.143. The maximum Gasteiger partial charge on any atom is 0.130 e. The molecule has 18 heavy (non-hydrogen) atoms. The van der Waals surface area contributed by atoms with Crippen molar-refractivity contribution in [2.75, 3.05) is 33.4 Å². The number of hydrogen-bond acceptors (Lipinski definition) is 3. The van der Waals surface area contributed by atoms with Crippen LogP contribution in [0.4, 0.5) is 8.78 Å². The van der Waals surface area contributed by atoms with Gasteiger partial charge in [0.25, 0.3) is 0 Å². The molecule has 0 aliphatic rings. The van der Waals surface area contributed by atoms with Gasteiger partial charge in [0, 0.05) is 31.8 Å². The molecule has 0 bridgehead atoms. The first-order valence-corrected chi connectivity index (χ1v) is 6.02. The SMILES string of the molecule is COCCN(CCCN)Cc1ccc(F)cc1F. The van der Waals surface area contributed by atoms with E-state index in [1.54, 1.807) is 7.11 Å². The molecule has 0 aliphatic heterocycles. The molecule has 102 valence electrons. The highest BCUT2D eigenvalue weighted by Gasteiger charge is 2.09. The van der Waals surface area contributed by atoms with Crippen molar-refractivity contribution >= 4 is 0 Å². The quantitative estimate of drug-likeness (QED) is 0.772. The van der Waals surface area contributed by atoms with Crippen LogP contribution in [0.1, 0.15) is 12.0 Å². The van der Waals surface area contributed by atoms with E-state index in [9.17, 15) is 8.78 Å². The van der Waals surface area contributed by atoms with Gasteiger partial charge < -0.3 is 10.5 Å². The predicted octanol–water partition coefficient (Wildman–Crippen LogP) is 1.76. The molecule has 3 nitrogen and oxygen atoms in total. The van der Waals surface area contributed by atoms with Gasteiger partial charge >= 0.3 is 0 Å². The Hall–Kier alpha value is -1.04. The molecule has 0 fully saturated rings. The van der Waals surface area contributed by atoms with Crippen LogP contribution >= 0.6 is 0 Å². The zero-order chi connectivity index (χ0) is 13.4. The van der Waals surface area contributed by atoms with E-state index in [-0.39, 0.29) is 0 Å². The van der Waals surface area contributed by atoms with Crippen molar-refractivity contribution < 1.29 is 13.5 Å². The molecule has 0 aliphatic carbocycles. The van der Waals surface area contributed by atoms with Crippen LogP contribution in [-0.2, 0) is 11.3 Å². The standard InChI is InChI=1S/C13H20F2N2O/c1-18-8-7-17(6-2-5-16)10-11-3-4-12(14)9-13(11)15/h3-4,9H,2,5-8,10,16H2,1H3. The number of nitrogens with two attached hydrogens (primary N) is 1. The summed E-state index contributed by atoms with van der Waals surface area (Å²) >= 11 is 0. The van der Waals surface area contributed by atoms with Crippen LogP contribution in [0.2, 0.25) is 0 Å². The minimum atomic E-state index is -0.554. The molecule has 0 radical (unpaired) electrons. The van der Waals surface area contributed by atoms with E-state index < -0.39 is 11.6 Å². The fraction of sp³-hybridized carbons (Fsp3) is 0.538. The van der Waals surface area contributed by atoms with E-state index in [2.05, 4.69) is 0 Å². The Labute approximate surface area is 107 Å². The lowest BCUT2D eigenvalue weighted by Crippen LogP contribution is -2.29. The Kier molecular flexibility index (Phi) is 6.78. The second kappa shape index (κ2) is 8.13. The van der Waals surface area contributed by atoms with Crippen molar-refractivity contribution in [1.29, 1.82) is 0 Å². The number of nitrogens with zero attached hydrogens (tertiary/aromatic N) is 1. The van der Waals surface area contributed by atoms with Gasteiger partial charge in [-0.2, -0.15) is 0 Å². The van der Waals surface area contributed by atoms with Gasteiger partial charge in [0.2, 0.25) is 0 Å². The van der Waals surface area contributed by atoms with E-state index >= 15 is 0 Å². The molecule has 0 unspecified atom stereocenters. The summed E-state index contributed by atoms with van der Waals surface area (Å²) in [5, 5.41) is 0. The van der Waals surface area contributed by atoms with E-state index in [4.69, 9.17) is 10.5 Å². The number of rotatable bonds is 8. The third-order valence-corrected chi connectivity index (χ3v) is 2.70. The first kappa shape index (κ1) is 15.0. The molecule has 0 saturated heterocycles. The van der Waals surface area contributed by atoms with Crippen LogP contribution in [0.25, 0.3) is 0 Å². The maximum atomic E-state index is 13.5. The van der Waals surface area contributed by atoms with Crippen molar-refractivity contribution in [3.8, 4) is 0 Å². The molecule has 1 aromatic carbocycles. The molecule has 0 aromatic heterocycles. The number of benzene rings is 1. The van der Waals surface area contributed by atoms with Crippen molar-refractivity contribution in [2.24, 2.45) is 5.73 Å². The number of methoxy groups -OCH3 is 1. The summed E-state index contributed by atoms with van der Waals surface area (Å²) in [6.45, 7) is 3.09. The van der Waals surface area contributed by atoms with Crippen molar-refractivity contribution in [1.82, 2.24) is 4.90 Å². The van der Waals surface area contributed by atoms with E-state index in [0.29, 0.717) is 31.8 Å². The van der Waals surface area contributed by atoms with E-state index in [0.717, 1.165) is 19.0 Å². The van der Waals surface area contributed by atoms with Gasteiger partial charge in [-0.1, -0.05) is 6.07 Å². The average molecular weight is 258 g/mol. The summed E-state index contributed by atoms with van der Waals surface area (Å²) in [6.07, 6.45) is 0.840. The van der Waals surface area contributed by atoms with Crippen LogP contribution in [0.15, 0.2) is 18.2 Å². The van der Waals surface area contributed by atoms with Gasteiger partial charge in [0.05, 0.1) is 6.61 Å². The molecule has 0 spiro atoms. The molecule has 1 rings (SSSR count). The Bertz CT molecular complexity index is 353. The number of hydrogen-bond donors (Lipinski definition) is 1. The Morgan fingerprint density at radius 1 is 1.28 bits per heavy atom. The minimum Gasteiger partial charge on any atom is -0.383 e.